The first kappa shape index (κ1) is 16.5. The van der Waals surface area contributed by atoms with Gasteiger partial charge in [-0.05, 0) is 59.3 Å². The summed E-state index contributed by atoms with van der Waals surface area (Å²) in [5, 5.41) is 8.07. The van der Waals surface area contributed by atoms with E-state index < -0.39 is 0 Å². The van der Waals surface area contributed by atoms with Gasteiger partial charge in [-0.1, -0.05) is 19.3 Å². The lowest BCUT2D eigenvalue weighted by molar-refractivity contribution is 0.189. The Bertz CT molecular complexity index is 393. The van der Waals surface area contributed by atoms with Crippen molar-refractivity contribution in [1.29, 1.82) is 0 Å². The molecule has 1 aromatic heterocycles. The molecule has 0 atom stereocenters. The minimum atomic E-state index is 0.447. The lowest BCUT2D eigenvalue weighted by Gasteiger charge is -2.31. The topological polar surface area (TPSA) is 33.1 Å². The molecule has 1 aliphatic rings. The lowest BCUT2D eigenvalue weighted by Crippen LogP contribution is -2.35. The van der Waals surface area contributed by atoms with Crippen LogP contribution >= 0.6 is 0 Å². The van der Waals surface area contributed by atoms with Crippen LogP contribution in [0.3, 0.4) is 0 Å². The largest absolute Gasteiger partial charge is 0.311 e. The van der Waals surface area contributed by atoms with Crippen LogP contribution < -0.4 is 5.32 Å². The van der Waals surface area contributed by atoms with Crippen LogP contribution in [0.25, 0.3) is 0 Å². The highest BCUT2D eigenvalue weighted by molar-refractivity contribution is 4.98. The summed E-state index contributed by atoms with van der Waals surface area (Å²) in [4.78, 5) is 2.56. The Labute approximate surface area is 129 Å². The first-order valence-electron chi connectivity index (χ1n) is 8.62. The first-order valence-corrected chi connectivity index (χ1v) is 8.62. The van der Waals surface area contributed by atoms with Crippen molar-refractivity contribution in [1.82, 2.24) is 20.0 Å². The van der Waals surface area contributed by atoms with E-state index in [0.29, 0.717) is 6.04 Å². The molecule has 0 aromatic carbocycles. The number of nitrogens with one attached hydrogen (secondary N) is 1. The van der Waals surface area contributed by atoms with E-state index in [0.717, 1.165) is 24.8 Å². The van der Waals surface area contributed by atoms with Gasteiger partial charge >= 0.3 is 0 Å². The van der Waals surface area contributed by atoms with Gasteiger partial charge in [0.15, 0.2) is 0 Å². The molecule has 2 rings (SSSR count). The van der Waals surface area contributed by atoms with Gasteiger partial charge in [0.25, 0.3) is 0 Å². The molecule has 1 aliphatic carbocycles. The fraction of sp³-hybridized carbons (Fsp3) is 0.824. The lowest BCUT2D eigenvalue weighted by atomic mass is 9.94. The maximum Gasteiger partial charge on any atom is 0.0762 e. The summed E-state index contributed by atoms with van der Waals surface area (Å²) in [5.41, 5.74) is 1.14. The SMILES string of the molecule is CC(C)n1ccc(CNCCCN(C)C2CCCCC2)n1. The van der Waals surface area contributed by atoms with Gasteiger partial charge in [0.1, 0.15) is 0 Å². The van der Waals surface area contributed by atoms with Gasteiger partial charge in [-0.15, -0.1) is 0 Å². The summed E-state index contributed by atoms with van der Waals surface area (Å²) < 4.78 is 2.02. The molecule has 1 fully saturated rings. The van der Waals surface area contributed by atoms with Gasteiger partial charge in [0.2, 0.25) is 0 Å². The summed E-state index contributed by atoms with van der Waals surface area (Å²) >= 11 is 0. The summed E-state index contributed by atoms with van der Waals surface area (Å²) in [5.74, 6) is 0. The molecule has 0 bridgehead atoms. The van der Waals surface area contributed by atoms with Crippen molar-refractivity contribution >= 4 is 0 Å². The van der Waals surface area contributed by atoms with Crippen molar-refractivity contribution in [3.63, 3.8) is 0 Å². The molecule has 4 heteroatoms. The maximum atomic E-state index is 4.56. The highest BCUT2D eigenvalue weighted by Crippen LogP contribution is 2.21. The van der Waals surface area contributed by atoms with Crippen molar-refractivity contribution in [3.05, 3.63) is 18.0 Å². The van der Waals surface area contributed by atoms with Crippen LogP contribution in [-0.4, -0.2) is 40.9 Å². The average Bonchev–Trinajstić information content (AvgIpc) is 2.97. The monoisotopic (exact) mass is 292 g/mol. The van der Waals surface area contributed by atoms with E-state index in [1.807, 2.05) is 4.68 Å². The van der Waals surface area contributed by atoms with Crippen molar-refractivity contribution < 1.29 is 0 Å². The number of rotatable bonds is 8. The molecular formula is C17H32N4. The van der Waals surface area contributed by atoms with Crippen LogP contribution in [0.2, 0.25) is 0 Å². The summed E-state index contributed by atoms with van der Waals surface area (Å²) in [6, 6.07) is 3.39. The molecule has 0 radical (unpaired) electrons. The Morgan fingerprint density at radius 1 is 1.33 bits per heavy atom. The van der Waals surface area contributed by atoms with E-state index in [2.05, 4.69) is 48.5 Å². The van der Waals surface area contributed by atoms with Gasteiger partial charge in [0.05, 0.1) is 5.69 Å². The summed E-state index contributed by atoms with van der Waals surface area (Å²) in [6.45, 7) is 7.48. The second-order valence-corrected chi connectivity index (χ2v) is 6.68. The molecule has 21 heavy (non-hydrogen) atoms. The van der Waals surface area contributed by atoms with Crippen LogP contribution in [0.15, 0.2) is 12.3 Å². The van der Waals surface area contributed by atoms with Gasteiger partial charge in [-0.25, -0.2) is 0 Å². The molecule has 1 heterocycles. The van der Waals surface area contributed by atoms with Crippen LogP contribution in [-0.2, 0) is 6.54 Å². The predicted molar refractivity (Wildman–Crippen MR) is 88.4 cm³/mol. The Morgan fingerprint density at radius 2 is 2.10 bits per heavy atom. The highest BCUT2D eigenvalue weighted by atomic mass is 15.3. The molecule has 0 aliphatic heterocycles. The zero-order valence-corrected chi connectivity index (χ0v) is 14.0. The molecule has 4 nitrogen and oxygen atoms in total. The second-order valence-electron chi connectivity index (χ2n) is 6.68. The normalized spacial score (nSPS) is 17.0. The van der Waals surface area contributed by atoms with E-state index >= 15 is 0 Å². The number of aromatic nitrogens is 2. The zero-order valence-electron chi connectivity index (χ0n) is 14.0. The van der Waals surface area contributed by atoms with Crippen molar-refractivity contribution in [2.75, 3.05) is 20.1 Å². The first-order chi connectivity index (χ1) is 10.2. The zero-order chi connectivity index (χ0) is 15.1. The van der Waals surface area contributed by atoms with Gasteiger partial charge in [0, 0.05) is 24.8 Å². The third-order valence-corrected chi connectivity index (χ3v) is 4.56. The summed E-state index contributed by atoms with van der Waals surface area (Å²) in [7, 11) is 2.29. The molecule has 120 valence electrons. The highest BCUT2D eigenvalue weighted by Gasteiger charge is 2.17. The van der Waals surface area contributed by atoms with Crippen LogP contribution in [0.1, 0.15) is 64.1 Å². The number of hydrogen-bond donors (Lipinski definition) is 1. The maximum absolute atomic E-state index is 4.56. The van der Waals surface area contributed by atoms with Gasteiger partial charge in [-0.2, -0.15) is 5.10 Å². The molecule has 1 N–H and O–H groups in total. The third kappa shape index (κ3) is 5.44. The van der Waals surface area contributed by atoms with Crippen molar-refractivity contribution in [2.24, 2.45) is 0 Å². The van der Waals surface area contributed by atoms with E-state index in [1.165, 1.54) is 45.1 Å². The molecular weight excluding hydrogens is 260 g/mol. The molecule has 1 saturated carbocycles. The minimum absolute atomic E-state index is 0.447. The van der Waals surface area contributed by atoms with Gasteiger partial charge in [-0.3, -0.25) is 4.68 Å². The van der Waals surface area contributed by atoms with Crippen molar-refractivity contribution in [2.45, 2.75) is 71.0 Å². The molecule has 0 amide bonds. The van der Waals surface area contributed by atoms with E-state index in [1.54, 1.807) is 0 Å². The standard InChI is InChI=1S/C17H32N4/c1-15(2)21-13-10-16(19-21)14-18-11-7-12-20(3)17-8-5-4-6-9-17/h10,13,15,17-18H,4-9,11-12,14H2,1-3H3. The second kappa shape index (κ2) is 8.54. The number of nitrogens with zero attached hydrogens (tertiary/aromatic N) is 3. The molecule has 0 saturated heterocycles. The number of hydrogen-bond acceptors (Lipinski definition) is 3. The average molecular weight is 292 g/mol. The minimum Gasteiger partial charge on any atom is -0.311 e. The molecule has 1 aromatic rings. The Kier molecular flexibility index (Phi) is 6.71. The predicted octanol–water partition coefficient (Wildman–Crippen LogP) is 3.21. The third-order valence-electron chi connectivity index (χ3n) is 4.56. The van der Waals surface area contributed by atoms with E-state index in [4.69, 9.17) is 0 Å². The smallest absolute Gasteiger partial charge is 0.0762 e. The molecule has 0 spiro atoms. The van der Waals surface area contributed by atoms with E-state index in [9.17, 15) is 0 Å². The Hall–Kier alpha value is -0.870. The molecule has 0 unspecified atom stereocenters. The fourth-order valence-corrected chi connectivity index (χ4v) is 3.13. The van der Waals surface area contributed by atoms with E-state index in [-0.39, 0.29) is 0 Å². The Morgan fingerprint density at radius 3 is 2.76 bits per heavy atom. The van der Waals surface area contributed by atoms with Crippen molar-refractivity contribution in [3.8, 4) is 0 Å². The summed E-state index contributed by atoms with van der Waals surface area (Å²) in [6.07, 6.45) is 10.4. The fourth-order valence-electron chi connectivity index (χ4n) is 3.13. The van der Waals surface area contributed by atoms with Gasteiger partial charge < -0.3 is 10.2 Å². The van der Waals surface area contributed by atoms with Crippen LogP contribution in [0.5, 0.6) is 0 Å². The van der Waals surface area contributed by atoms with Crippen LogP contribution in [0.4, 0.5) is 0 Å². The Balaban J connectivity index is 1.56. The quantitative estimate of drug-likeness (QED) is 0.747. The van der Waals surface area contributed by atoms with Crippen LogP contribution in [0, 0.1) is 0 Å².